The summed E-state index contributed by atoms with van der Waals surface area (Å²) in [5, 5.41) is 11.1. The highest BCUT2D eigenvalue weighted by atomic mass is 32.1. The lowest BCUT2D eigenvalue weighted by Gasteiger charge is -2.12. The fourth-order valence-corrected chi connectivity index (χ4v) is 3.14. The number of aromatic amines is 1. The Kier molecular flexibility index (Phi) is 4.31. The maximum Gasteiger partial charge on any atom is 0.434 e. The van der Waals surface area contributed by atoms with Gasteiger partial charge in [-0.1, -0.05) is 19.1 Å². The molecule has 3 rings (SSSR count). The molecule has 126 valence electrons. The van der Waals surface area contributed by atoms with Crippen LogP contribution >= 0.6 is 11.3 Å². The molecule has 0 aliphatic carbocycles. The molecule has 0 bridgehead atoms. The third-order valence-corrected chi connectivity index (χ3v) is 4.52. The number of halogens is 3. The molecule has 0 spiro atoms. The zero-order chi connectivity index (χ0) is 17.3. The summed E-state index contributed by atoms with van der Waals surface area (Å²) in [6.45, 7) is 4.06. The number of alkyl halides is 3. The number of rotatable bonds is 4. The lowest BCUT2D eigenvalue weighted by Crippen LogP contribution is -2.05. The van der Waals surface area contributed by atoms with Gasteiger partial charge in [0, 0.05) is 22.7 Å². The van der Waals surface area contributed by atoms with Crippen molar-refractivity contribution in [2.45, 2.75) is 25.9 Å². The molecule has 2 aromatic heterocycles. The summed E-state index contributed by atoms with van der Waals surface area (Å²) in [5.41, 5.74) is 3.03. The Bertz CT molecular complexity index is 820. The topological polar surface area (TPSA) is 53.6 Å². The summed E-state index contributed by atoms with van der Waals surface area (Å²) < 4.78 is 37.7. The molecule has 0 amide bonds. The minimum absolute atomic E-state index is 0.151. The van der Waals surface area contributed by atoms with Gasteiger partial charge in [-0.3, -0.25) is 5.10 Å². The van der Waals surface area contributed by atoms with E-state index in [9.17, 15) is 13.2 Å². The Morgan fingerprint density at radius 3 is 2.46 bits per heavy atom. The first-order valence-electron chi connectivity index (χ1n) is 7.24. The average molecular weight is 352 g/mol. The number of nitrogens with one attached hydrogen (secondary N) is 2. The van der Waals surface area contributed by atoms with Crippen LogP contribution in [0.25, 0.3) is 0 Å². The van der Waals surface area contributed by atoms with Gasteiger partial charge in [0.05, 0.1) is 6.20 Å². The first-order valence-corrected chi connectivity index (χ1v) is 8.12. The fraction of sp³-hybridized carbons (Fsp3) is 0.250. The van der Waals surface area contributed by atoms with Gasteiger partial charge in [-0.25, -0.2) is 4.98 Å². The minimum atomic E-state index is -4.42. The summed E-state index contributed by atoms with van der Waals surface area (Å²) in [6.07, 6.45) is -2.64. The first kappa shape index (κ1) is 16.5. The van der Waals surface area contributed by atoms with E-state index in [1.54, 1.807) is 6.20 Å². The predicted octanol–water partition coefficient (Wildman–Crippen LogP) is 5.09. The Balaban J connectivity index is 1.73. The molecule has 1 aromatic carbocycles. The van der Waals surface area contributed by atoms with Crippen molar-refractivity contribution >= 4 is 22.2 Å². The van der Waals surface area contributed by atoms with Crippen LogP contribution in [0.1, 0.15) is 35.4 Å². The van der Waals surface area contributed by atoms with Crippen LogP contribution in [0, 0.1) is 6.92 Å². The second-order valence-electron chi connectivity index (χ2n) is 5.47. The van der Waals surface area contributed by atoms with Gasteiger partial charge in [0.25, 0.3) is 0 Å². The van der Waals surface area contributed by atoms with E-state index >= 15 is 0 Å². The number of hydrogen-bond donors (Lipinski definition) is 2. The molecule has 8 heteroatoms. The number of benzene rings is 1. The molecule has 0 saturated carbocycles. The summed E-state index contributed by atoms with van der Waals surface area (Å²) in [5.74, 6) is 0.151. The molecule has 0 unspecified atom stereocenters. The van der Waals surface area contributed by atoms with Crippen molar-refractivity contribution in [1.82, 2.24) is 15.2 Å². The summed E-state index contributed by atoms with van der Waals surface area (Å²) in [6, 6.07) is 7.52. The summed E-state index contributed by atoms with van der Waals surface area (Å²) in [4.78, 5) is 3.56. The van der Waals surface area contributed by atoms with Crippen LogP contribution < -0.4 is 5.32 Å². The number of hydrogen-bond acceptors (Lipinski definition) is 4. The molecule has 1 atom stereocenters. The molecule has 24 heavy (non-hydrogen) atoms. The second-order valence-corrected chi connectivity index (χ2v) is 6.33. The van der Waals surface area contributed by atoms with Crippen LogP contribution in [0.4, 0.5) is 24.0 Å². The molecule has 4 nitrogen and oxygen atoms in total. The minimum Gasteiger partial charge on any atom is -0.332 e. The van der Waals surface area contributed by atoms with Crippen LogP contribution in [0.15, 0.2) is 35.8 Å². The van der Waals surface area contributed by atoms with E-state index < -0.39 is 11.9 Å². The van der Waals surface area contributed by atoms with Crippen molar-refractivity contribution in [1.29, 1.82) is 0 Å². The highest BCUT2D eigenvalue weighted by Crippen LogP contribution is 2.33. The van der Waals surface area contributed by atoms with Crippen molar-refractivity contribution in [2.75, 3.05) is 5.32 Å². The van der Waals surface area contributed by atoms with Gasteiger partial charge in [0.15, 0.2) is 10.8 Å². The quantitative estimate of drug-likeness (QED) is 0.688. The Morgan fingerprint density at radius 1 is 1.21 bits per heavy atom. The number of anilines is 2. The van der Waals surface area contributed by atoms with Crippen molar-refractivity contribution in [3.05, 3.63) is 58.4 Å². The molecule has 0 saturated heterocycles. The van der Waals surface area contributed by atoms with Crippen molar-refractivity contribution < 1.29 is 13.2 Å². The van der Waals surface area contributed by atoms with Crippen LogP contribution in [0.2, 0.25) is 0 Å². The van der Waals surface area contributed by atoms with Crippen LogP contribution in [0.3, 0.4) is 0 Å². The van der Waals surface area contributed by atoms with Crippen molar-refractivity contribution in [3.63, 3.8) is 0 Å². The number of H-pyrrole nitrogens is 1. The van der Waals surface area contributed by atoms with E-state index in [-0.39, 0.29) is 11.0 Å². The second kappa shape index (κ2) is 6.27. The normalized spacial score (nSPS) is 13.0. The molecule has 0 aliphatic rings. The van der Waals surface area contributed by atoms with E-state index in [0.29, 0.717) is 5.69 Å². The first-order chi connectivity index (χ1) is 11.3. The van der Waals surface area contributed by atoms with E-state index in [4.69, 9.17) is 0 Å². The predicted molar refractivity (Wildman–Crippen MR) is 87.7 cm³/mol. The molecule has 0 radical (unpaired) electrons. The standard InChI is InChI=1S/C16H15F3N4S/c1-9-7-20-23-14(9)10(2)11-3-5-12(6-4-11)21-15-22-13(8-24-15)16(17,18)19/h3-8,10H,1-2H3,(H,20,23)(H,21,22)/t10-/m1/s1. The van der Waals surface area contributed by atoms with Gasteiger partial charge in [0.2, 0.25) is 0 Å². The van der Waals surface area contributed by atoms with Crippen molar-refractivity contribution in [3.8, 4) is 0 Å². The maximum atomic E-state index is 12.6. The highest BCUT2D eigenvalue weighted by molar-refractivity contribution is 7.13. The largest absolute Gasteiger partial charge is 0.434 e. The molecular formula is C16H15F3N4S. The number of thiazole rings is 1. The molecule has 0 aliphatic heterocycles. The van der Waals surface area contributed by atoms with Gasteiger partial charge in [-0.2, -0.15) is 18.3 Å². The molecular weight excluding hydrogens is 337 g/mol. The number of aryl methyl sites for hydroxylation is 1. The fourth-order valence-electron chi connectivity index (χ4n) is 2.40. The van der Waals surface area contributed by atoms with E-state index in [1.807, 2.05) is 31.2 Å². The monoisotopic (exact) mass is 352 g/mol. The van der Waals surface area contributed by atoms with Crippen LogP contribution in [-0.4, -0.2) is 15.2 Å². The van der Waals surface area contributed by atoms with Gasteiger partial charge in [-0.15, -0.1) is 11.3 Å². The number of aromatic nitrogens is 3. The Labute approximate surface area is 140 Å². The van der Waals surface area contributed by atoms with E-state index in [2.05, 4.69) is 27.4 Å². The van der Waals surface area contributed by atoms with Crippen LogP contribution in [-0.2, 0) is 6.18 Å². The van der Waals surface area contributed by atoms with Crippen molar-refractivity contribution in [2.24, 2.45) is 0 Å². The summed E-state index contributed by atoms with van der Waals surface area (Å²) >= 11 is 0.926. The zero-order valence-electron chi connectivity index (χ0n) is 13.0. The Morgan fingerprint density at radius 2 is 1.92 bits per heavy atom. The smallest absolute Gasteiger partial charge is 0.332 e. The van der Waals surface area contributed by atoms with Gasteiger partial charge in [0.1, 0.15) is 0 Å². The van der Waals surface area contributed by atoms with Gasteiger partial charge in [-0.05, 0) is 30.2 Å². The highest BCUT2D eigenvalue weighted by Gasteiger charge is 2.33. The molecule has 0 fully saturated rings. The summed E-state index contributed by atoms with van der Waals surface area (Å²) in [7, 11) is 0. The van der Waals surface area contributed by atoms with E-state index in [0.717, 1.165) is 33.5 Å². The van der Waals surface area contributed by atoms with Gasteiger partial charge < -0.3 is 5.32 Å². The molecule has 2 heterocycles. The van der Waals surface area contributed by atoms with E-state index in [1.165, 1.54) is 0 Å². The van der Waals surface area contributed by atoms with Crippen LogP contribution in [0.5, 0.6) is 0 Å². The lowest BCUT2D eigenvalue weighted by atomic mass is 9.95. The van der Waals surface area contributed by atoms with Gasteiger partial charge >= 0.3 is 6.18 Å². The molecule has 3 aromatic rings. The SMILES string of the molecule is Cc1cn[nH]c1[C@H](C)c1ccc(Nc2nc(C(F)(F)F)cs2)cc1. The third-order valence-electron chi connectivity index (χ3n) is 3.76. The zero-order valence-corrected chi connectivity index (χ0v) is 13.8. The third kappa shape index (κ3) is 3.43. The number of nitrogens with zero attached hydrogens (tertiary/aromatic N) is 2. The Hall–Kier alpha value is -2.35. The average Bonchev–Trinajstić information content (AvgIpc) is 3.16. The maximum absolute atomic E-state index is 12.6. The molecule has 2 N–H and O–H groups in total. The lowest BCUT2D eigenvalue weighted by molar-refractivity contribution is -0.140.